The molecule has 6 heteroatoms. The number of halogens is 1. The van der Waals surface area contributed by atoms with Gasteiger partial charge in [-0.15, -0.1) is 0 Å². The Morgan fingerprint density at radius 2 is 2.11 bits per heavy atom. The summed E-state index contributed by atoms with van der Waals surface area (Å²) in [5, 5.41) is 8.62. The predicted molar refractivity (Wildman–Crippen MR) is 73.5 cm³/mol. The van der Waals surface area contributed by atoms with Crippen LogP contribution in [0.1, 0.15) is 18.9 Å². The van der Waals surface area contributed by atoms with E-state index >= 15 is 0 Å². The number of hydrogen-bond acceptors (Lipinski definition) is 3. The lowest BCUT2D eigenvalue weighted by Crippen LogP contribution is -2.34. The van der Waals surface area contributed by atoms with Gasteiger partial charge in [0.1, 0.15) is 0 Å². The first-order valence-corrected chi connectivity index (χ1v) is 7.65. The van der Waals surface area contributed by atoms with E-state index in [2.05, 4.69) is 15.9 Å². The Kier molecular flexibility index (Phi) is 4.91. The van der Waals surface area contributed by atoms with Crippen LogP contribution in [0.5, 0.6) is 0 Å². The van der Waals surface area contributed by atoms with Gasteiger partial charge in [0.05, 0.1) is 17.4 Å². The number of aryl methyl sites for hydroxylation is 1. The molecule has 0 aliphatic carbocycles. The number of sulfonamides is 1. The summed E-state index contributed by atoms with van der Waals surface area (Å²) in [7, 11) is -2.04. The molecule has 0 spiro atoms. The highest BCUT2D eigenvalue weighted by atomic mass is 79.9. The summed E-state index contributed by atoms with van der Waals surface area (Å²) in [6.45, 7) is 3.55. The Bertz CT molecular complexity index is 578. The third-order valence-electron chi connectivity index (χ3n) is 2.81. The van der Waals surface area contributed by atoms with Crippen molar-refractivity contribution in [3.05, 3.63) is 28.2 Å². The SMILES string of the molecule is Cc1cc(S(=O)(=O)N(C)C(C)CC#N)ccc1Br. The number of hydrogen-bond donors (Lipinski definition) is 0. The highest BCUT2D eigenvalue weighted by Gasteiger charge is 2.25. The third kappa shape index (κ3) is 3.10. The standard InChI is InChI=1S/C12H15BrN2O2S/c1-9-8-11(4-5-12(9)13)18(16,17)15(3)10(2)6-7-14/h4-5,8,10H,6H2,1-3H3. The molecule has 0 aliphatic rings. The number of rotatable bonds is 4. The van der Waals surface area contributed by atoms with Gasteiger partial charge in [-0.05, 0) is 37.6 Å². The van der Waals surface area contributed by atoms with Crippen molar-refractivity contribution in [2.75, 3.05) is 7.05 Å². The molecule has 0 aromatic heterocycles. The molecule has 1 atom stereocenters. The fourth-order valence-electron chi connectivity index (χ4n) is 1.44. The van der Waals surface area contributed by atoms with Crippen LogP contribution in [0.2, 0.25) is 0 Å². The van der Waals surface area contributed by atoms with Gasteiger partial charge in [0.2, 0.25) is 10.0 Å². The second-order valence-electron chi connectivity index (χ2n) is 4.14. The molecule has 0 fully saturated rings. The minimum absolute atomic E-state index is 0.172. The average molecular weight is 331 g/mol. The van der Waals surface area contributed by atoms with Gasteiger partial charge in [-0.25, -0.2) is 8.42 Å². The first kappa shape index (κ1) is 15.2. The number of nitrogens with zero attached hydrogens (tertiary/aromatic N) is 2. The van der Waals surface area contributed by atoms with E-state index in [1.165, 1.54) is 11.4 Å². The highest BCUT2D eigenvalue weighted by molar-refractivity contribution is 9.10. The molecule has 1 aromatic carbocycles. The van der Waals surface area contributed by atoms with Gasteiger partial charge < -0.3 is 0 Å². The molecule has 0 amide bonds. The Morgan fingerprint density at radius 3 is 2.61 bits per heavy atom. The Labute approximate surface area is 116 Å². The van der Waals surface area contributed by atoms with E-state index in [1.807, 2.05) is 13.0 Å². The van der Waals surface area contributed by atoms with E-state index < -0.39 is 10.0 Å². The largest absolute Gasteiger partial charge is 0.243 e. The first-order valence-electron chi connectivity index (χ1n) is 5.42. The zero-order chi connectivity index (χ0) is 13.9. The van der Waals surface area contributed by atoms with Crippen LogP contribution in [-0.4, -0.2) is 25.8 Å². The fourth-order valence-corrected chi connectivity index (χ4v) is 3.13. The summed E-state index contributed by atoms with van der Waals surface area (Å²) in [5.74, 6) is 0. The zero-order valence-corrected chi connectivity index (χ0v) is 12.9. The maximum atomic E-state index is 12.3. The van der Waals surface area contributed by atoms with Gasteiger partial charge in [0, 0.05) is 17.6 Å². The molecule has 0 saturated heterocycles. The van der Waals surface area contributed by atoms with Crippen molar-refractivity contribution in [2.24, 2.45) is 0 Å². The molecule has 18 heavy (non-hydrogen) atoms. The van der Waals surface area contributed by atoms with Crippen LogP contribution in [0.4, 0.5) is 0 Å². The fraction of sp³-hybridized carbons (Fsp3) is 0.417. The topological polar surface area (TPSA) is 61.2 Å². The van der Waals surface area contributed by atoms with Crippen LogP contribution < -0.4 is 0 Å². The monoisotopic (exact) mass is 330 g/mol. The molecule has 0 aliphatic heterocycles. The van der Waals surface area contributed by atoms with Crippen molar-refractivity contribution < 1.29 is 8.42 Å². The van der Waals surface area contributed by atoms with Crippen LogP contribution in [0, 0.1) is 18.3 Å². The van der Waals surface area contributed by atoms with E-state index in [9.17, 15) is 8.42 Å². The van der Waals surface area contributed by atoms with E-state index in [-0.39, 0.29) is 17.4 Å². The molecule has 98 valence electrons. The van der Waals surface area contributed by atoms with Crippen molar-refractivity contribution in [3.63, 3.8) is 0 Å². The summed E-state index contributed by atoms with van der Waals surface area (Å²) >= 11 is 3.34. The Balaban J connectivity index is 3.14. The number of benzene rings is 1. The van der Waals surface area contributed by atoms with Gasteiger partial charge in [-0.3, -0.25) is 0 Å². The van der Waals surface area contributed by atoms with E-state index in [0.717, 1.165) is 10.0 Å². The molecule has 0 saturated carbocycles. The van der Waals surface area contributed by atoms with Gasteiger partial charge >= 0.3 is 0 Å². The molecular weight excluding hydrogens is 316 g/mol. The van der Waals surface area contributed by atoms with Crippen LogP contribution in [0.25, 0.3) is 0 Å². The Morgan fingerprint density at radius 1 is 1.50 bits per heavy atom. The van der Waals surface area contributed by atoms with Crippen molar-refractivity contribution in [3.8, 4) is 6.07 Å². The molecule has 0 N–H and O–H groups in total. The smallest absolute Gasteiger partial charge is 0.207 e. The average Bonchev–Trinajstić information content (AvgIpc) is 2.31. The quantitative estimate of drug-likeness (QED) is 0.852. The number of nitriles is 1. The van der Waals surface area contributed by atoms with E-state index in [0.29, 0.717) is 0 Å². The molecule has 1 aromatic rings. The highest BCUT2D eigenvalue weighted by Crippen LogP contribution is 2.23. The predicted octanol–water partition coefficient (Wildman–Crippen LogP) is 2.68. The minimum Gasteiger partial charge on any atom is -0.207 e. The van der Waals surface area contributed by atoms with E-state index in [1.54, 1.807) is 25.1 Å². The Hall–Kier alpha value is -0.900. The molecule has 0 heterocycles. The summed E-state index contributed by atoms with van der Waals surface area (Å²) in [5.41, 5.74) is 0.859. The van der Waals surface area contributed by atoms with Crippen LogP contribution >= 0.6 is 15.9 Å². The van der Waals surface area contributed by atoms with Gasteiger partial charge in [-0.1, -0.05) is 15.9 Å². The lowest BCUT2D eigenvalue weighted by Gasteiger charge is -2.22. The van der Waals surface area contributed by atoms with E-state index in [4.69, 9.17) is 5.26 Å². The first-order chi connectivity index (χ1) is 8.30. The summed E-state index contributed by atoms with van der Waals surface area (Å²) in [6, 6.07) is 6.53. The minimum atomic E-state index is -3.54. The van der Waals surface area contributed by atoms with Crippen LogP contribution in [-0.2, 0) is 10.0 Å². The lowest BCUT2D eigenvalue weighted by molar-refractivity contribution is 0.393. The van der Waals surface area contributed by atoms with Gasteiger partial charge in [0.15, 0.2) is 0 Å². The molecule has 4 nitrogen and oxygen atoms in total. The second-order valence-corrected chi connectivity index (χ2v) is 7.00. The molecule has 0 bridgehead atoms. The normalized spacial score (nSPS) is 13.3. The second kappa shape index (κ2) is 5.83. The summed E-state index contributed by atoms with van der Waals surface area (Å²) in [6.07, 6.45) is 0.172. The molecule has 1 unspecified atom stereocenters. The third-order valence-corrected chi connectivity index (χ3v) is 5.67. The van der Waals surface area contributed by atoms with Crippen molar-refractivity contribution in [2.45, 2.75) is 31.2 Å². The molecule has 1 rings (SSSR count). The van der Waals surface area contributed by atoms with Crippen LogP contribution in [0.3, 0.4) is 0 Å². The zero-order valence-electron chi connectivity index (χ0n) is 10.5. The maximum absolute atomic E-state index is 12.3. The lowest BCUT2D eigenvalue weighted by atomic mass is 10.2. The van der Waals surface area contributed by atoms with Gasteiger partial charge in [0.25, 0.3) is 0 Å². The van der Waals surface area contributed by atoms with Crippen molar-refractivity contribution in [1.29, 1.82) is 5.26 Å². The van der Waals surface area contributed by atoms with Crippen molar-refractivity contribution >= 4 is 26.0 Å². The summed E-state index contributed by atoms with van der Waals surface area (Å²) in [4.78, 5) is 0.246. The summed E-state index contributed by atoms with van der Waals surface area (Å²) < 4.78 is 26.7. The van der Waals surface area contributed by atoms with Crippen molar-refractivity contribution in [1.82, 2.24) is 4.31 Å². The molecule has 0 radical (unpaired) electrons. The van der Waals surface area contributed by atoms with Crippen LogP contribution in [0.15, 0.2) is 27.6 Å². The molecular formula is C12H15BrN2O2S. The maximum Gasteiger partial charge on any atom is 0.243 e. The van der Waals surface area contributed by atoms with Gasteiger partial charge in [-0.2, -0.15) is 9.57 Å².